The second-order valence-corrected chi connectivity index (χ2v) is 5.09. The third kappa shape index (κ3) is 2.69. The van der Waals surface area contributed by atoms with Crippen LogP contribution in [0.25, 0.3) is 0 Å². The van der Waals surface area contributed by atoms with Crippen LogP contribution in [0.1, 0.15) is 10.4 Å². The van der Waals surface area contributed by atoms with Gasteiger partial charge in [0.1, 0.15) is 0 Å². The number of amidine groups is 1. The number of halogens is 1. The van der Waals surface area contributed by atoms with Gasteiger partial charge in [-0.05, 0) is 28.7 Å². The topological polar surface area (TPSA) is 54.4 Å². The molecule has 2 rings (SSSR count). The summed E-state index contributed by atoms with van der Waals surface area (Å²) < 4.78 is 0.844. The first-order valence-electron chi connectivity index (χ1n) is 4.35. The van der Waals surface area contributed by atoms with Crippen molar-refractivity contribution < 1.29 is 4.79 Å². The zero-order chi connectivity index (χ0) is 10.7. The van der Waals surface area contributed by atoms with E-state index < -0.39 is 0 Å². The summed E-state index contributed by atoms with van der Waals surface area (Å²) in [5.74, 6) is 0.832. The van der Waals surface area contributed by atoms with Crippen LogP contribution >= 0.6 is 34.4 Å². The number of amides is 1. The van der Waals surface area contributed by atoms with Crippen LogP contribution in [0.15, 0.2) is 23.5 Å². The van der Waals surface area contributed by atoms with Gasteiger partial charge < -0.3 is 5.32 Å². The Bertz CT molecular complexity index is 422. The lowest BCUT2D eigenvalue weighted by Gasteiger charge is -2.04. The maximum absolute atomic E-state index is 11.8. The summed E-state index contributed by atoms with van der Waals surface area (Å²) in [6, 6.07) is 1.71. The van der Waals surface area contributed by atoms with Crippen LogP contribution in [0, 0.1) is 3.57 Å². The molecule has 1 aliphatic heterocycles. The highest BCUT2D eigenvalue weighted by Gasteiger charge is 2.14. The van der Waals surface area contributed by atoms with Crippen molar-refractivity contribution in [3.8, 4) is 0 Å². The molecule has 0 radical (unpaired) electrons. The molecule has 0 fully saturated rings. The van der Waals surface area contributed by atoms with Crippen LogP contribution in [0.2, 0.25) is 0 Å². The van der Waals surface area contributed by atoms with Crippen molar-refractivity contribution in [3.63, 3.8) is 0 Å². The van der Waals surface area contributed by atoms with Gasteiger partial charge in [-0.15, -0.1) is 0 Å². The highest BCUT2D eigenvalue weighted by atomic mass is 127. The van der Waals surface area contributed by atoms with E-state index in [0.717, 1.165) is 15.9 Å². The van der Waals surface area contributed by atoms with Crippen LogP contribution in [0.4, 0.5) is 0 Å². The Morgan fingerprint density at radius 3 is 3.13 bits per heavy atom. The molecular formula is C9H8IN3OS. The van der Waals surface area contributed by atoms with E-state index >= 15 is 0 Å². The van der Waals surface area contributed by atoms with E-state index in [4.69, 9.17) is 0 Å². The van der Waals surface area contributed by atoms with E-state index in [2.05, 4.69) is 37.9 Å². The predicted molar refractivity (Wildman–Crippen MR) is 69.2 cm³/mol. The third-order valence-corrected chi connectivity index (χ3v) is 3.57. The molecule has 0 aliphatic carbocycles. The van der Waals surface area contributed by atoms with Crippen molar-refractivity contribution >= 4 is 45.4 Å². The van der Waals surface area contributed by atoms with E-state index in [1.54, 1.807) is 30.2 Å². The molecule has 2 heterocycles. The number of aliphatic imine (C=N–C) groups is 1. The predicted octanol–water partition coefficient (Wildman–Crippen LogP) is 1.52. The van der Waals surface area contributed by atoms with Crippen molar-refractivity contribution in [2.75, 3.05) is 12.3 Å². The number of pyridine rings is 1. The second kappa shape index (κ2) is 4.93. The average molecular weight is 333 g/mol. The van der Waals surface area contributed by atoms with Gasteiger partial charge in [-0.3, -0.25) is 14.8 Å². The van der Waals surface area contributed by atoms with Gasteiger partial charge in [0.25, 0.3) is 5.91 Å². The van der Waals surface area contributed by atoms with Crippen molar-refractivity contribution in [1.29, 1.82) is 0 Å². The molecule has 0 saturated heterocycles. The van der Waals surface area contributed by atoms with Gasteiger partial charge in [0.05, 0.1) is 12.1 Å². The summed E-state index contributed by atoms with van der Waals surface area (Å²) in [6.07, 6.45) is 3.28. The first-order valence-corrected chi connectivity index (χ1v) is 6.42. The molecule has 15 heavy (non-hydrogen) atoms. The Balaban J connectivity index is 2.11. The normalized spacial score (nSPS) is 14.9. The van der Waals surface area contributed by atoms with Crippen molar-refractivity contribution in [2.24, 2.45) is 4.99 Å². The van der Waals surface area contributed by atoms with Gasteiger partial charge in [-0.2, -0.15) is 0 Å². The van der Waals surface area contributed by atoms with Gasteiger partial charge in [-0.25, -0.2) is 0 Å². The molecule has 0 unspecified atom stereocenters. The molecule has 0 bridgehead atoms. The quantitative estimate of drug-likeness (QED) is 0.793. The Morgan fingerprint density at radius 2 is 2.47 bits per heavy atom. The summed E-state index contributed by atoms with van der Waals surface area (Å²) in [5, 5.41) is 3.49. The van der Waals surface area contributed by atoms with Gasteiger partial charge in [0.15, 0.2) is 5.17 Å². The zero-order valence-corrected chi connectivity index (χ0v) is 10.7. The molecule has 0 atom stereocenters. The minimum atomic E-state index is -0.116. The highest BCUT2D eigenvalue weighted by molar-refractivity contribution is 14.1. The second-order valence-electron chi connectivity index (χ2n) is 2.84. The molecule has 1 amide bonds. The lowest BCUT2D eigenvalue weighted by atomic mass is 10.2. The van der Waals surface area contributed by atoms with Crippen LogP contribution in [0.3, 0.4) is 0 Å². The lowest BCUT2D eigenvalue weighted by molar-refractivity contribution is 0.0977. The van der Waals surface area contributed by atoms with Crippen molar-refractivity contribution in [3.05, 3.63) is 27.6 Å². The van der Waals surface area contributed by atoms with Gasteiger partial charge >= 0.3 is 0 Å². The molecule has 0 saturated carbocycles. The largest absolute Gasteiger partial charge is 0.301 e. The smallest absolute Gasteiger partial charge is 0.258 e. The fourth-order valence-electron chi connectivity index (χ4n) is 1.13. The number of hydrogen-bond acceptors (Lipinski definition) is 4. The van der Waals surface area contributed by atoms with Crippen LogP contribution in [0.5, 0.6) is 0 Å². The number of thioether (sulfide) groups is 1. The Morgan fingerprint density at radius 1 is 1.60 bits per heavy atom. The van der Waals surface area contributed by atoms with Crippen LogP contribution in [-0.2, 0) is 0 Å². The van der Waals surface area contributed by atoms with Gasteiger partial charge in [0, 0.05) is 21.7 Å². The lowest BCUT2D eigenvalue weighted by Crippen LogP contribution is -2.28. The molecule has 0 aromatic carbocycles. The summed E-state index contributed by atoms with van der Waals surface area (Å²) in [6.45, 7) is 0.785. The van der Waals surface area contributed by atoms with E-state index in [-0.39, 0.29) is 5.91 Å². The molecule has 1 N–H and O–H groups in total. The molecule has 0 spiro atoms. The minimum absolute atomic E-state index is 0.116. The van der Waals surface area contributed by atoms with Gasteiger partial charge in [0.2, 0.25) is 0 Å². The molecule has 4 nitrogen and oxygen atoms in total. The summed E-state index contributed by atoms with van der Waals surface area (Å²) >= 11 is 3.66. The minimum Gasteiger partial charge on any atom is -0.301 e. The van der Waals surface area contributed by atoms with E-state index in [1.807, 2.05) is 0 Å². The van der Waals surface area contributed by atoms with Crippen LogP contribution < -0.4 is 5.32 Å². The summed E-state index contributed by atoms with van der Waals surface area (Å²) in [7, 11) is 0. The molecule has 1 aromatic rings. The molecule has 1 aromatic heterocycles. The Labute approximate surface area is 105 Å². The monoisotopic (exact) mass is 333 g/mol. The van der Waals surface area contributed by atoms with E-state index in [9.17, 15) is 4.79 Å². The Kier molecular flexibility index (Phi) is 3.57. The Hall–Kier alpha value is -0.630. The maximum Gasteiger partial charge on any atom is 0.258 e. The molecule has 6 heteroatoms. The highest BCUT2D eigenvalue weighted by Crippen LogP contribution is 2.12. The third-order valence-electron chi connectivity index (χ3n) is 1.82. The summed E-state index contributed by atoms with van der Waals surface area (Å²) in [4.78, 5) is 19.9. The fraction of sp³-hybridized carbons (Fsp3) is 0.222. The van der Waals surface area contributed by atoms with E-state index in [1.165, 1.54) is 0 Å². The molecular weight excluding hydrogens is 325 g/mol. The number of carbonyl (C=O) groups excluding carboxylic acids is 1. The number of aromatic nitrogens is 1. The number of nitrogens with zero attached hydrogens (tertiary/aromatic N) is 2. The first-order chi connectivity index (χ1) is 7.27. The maximum atomic E-state index is 11.8. The molecule has 78 valence electrons. The fourth-order valence-corrected chi connectivity index (χ4v) is 2.44. The number of hydrogen-bond donors (Lipinski definition) is 1. The van der Waals surface area contributed by atoms with E-state index in [0.29, 0.717) is 10.7 Å². The number of carbonyl (C=O) groups is 1. The SMILES string of the molecule is O=C(NC1=NCCS1)c1ccncc1I. The zero-order valence-electron chi connectivity index (χ0n) is 7.74. The first kappa shape index (κ1) is 10.9. The standard InChI is InChI=1S/C9H8IN3OS/c10-7-5-11-2-1-6(7)8(14)13-9-12-3-4-15-9/h1-2,5H,3-4H2,(H,12,13,14). The summed E-state index contributed by atoms with van der Waals surface area (Å²) in [5.41, 5.74) is 0.640. The molecule has 1 aliphatic rings. The number of rotatable bonds is 1. The average Bonchev–Trinajstić information content (AvgIpc) is 2.71. The van der Waals surface area contributed by atoms with Crippen molar-refractivity contribution in [1.82, 2.24) is 10.3 Å². The number of nitrogens with one attached hydrogen (secondary N) is 1. The van der Waals surface area contributed by atoms with Crippen LogP contribution in [-0.4, -0.2) is 28.4 Å². The van der Waals surface area contributed by atoms with Gasteiger partial charge in [-0.1, -0.05) is 11.8 Å². The van der Waals surface area contributed by atoms with Crippen molar-refractivity contribution in [2.45, 2.75) is 0 Å².